The Hall–Kier alpha value is -4.00. The molecule has 2 amide bonds. The summed E-state index contributed by atoms with van der Waals surface area (Å²) in [5.41, 5.74) is 4.92. The van der Waals surface area contributed by atoms with E-state index in [2.05, 4.69) is 18.9 Å². The van der Waals surface area contributed by atoms with Crippen LogP contribution in [0.5, 0.6) is 0 Å². The fraction of sp³-hybridized carbons (Fsp3) is 0.310. The van der Waals surface area contributed by atoms with Gasteiger partial charge < -0.3 is 9.80 Å². The lowest BCUT2D eigenvalue weighted by Crippen LogP contribution is -2.50. The van der Waals surface area contributed by atoms with E-state index >= 15 is 0 Å². The molecule has 0 aliphatic carbocycles. The fourth-order valence-electron chi connectivity index (χ4n) is 4.69. The van der Waals surface area contributed by atoms with Gasteiger partial charge in [-0.3, -0.25) is 9.59 Å². The highest BCUT2D eigenvalue weighted by atomic mass is 16.2. The standard InChI is InChI=1S/C29H31N5O2/c1-4-34-27-25(19-30-34)24(18-26(31-27)22-8-6-5-7-9-22)29(36)33-16-14-32(15-17-33)28(35)23-12-10-21(11-13-23)20(2)3/h5-13,18-20H,4,14-17H2,1-3H3. The minimum Gasteiger partial charge on any atom is -0.335 e. The van der Waals surface area contributed by atoms with E-state index in [0.29, 0.717) is 55.4 Å². The maximum atomic E-state index is 13.7. The molecule has 0 N–H and O–H groups in total. The molecule has 0 unspecified atom stereocenters. The highest BCUT2D eigenvalue weighted by molar-refractivity contribution is 6.06. The van der Waals surface area contributed by atoms with E-state index in [9.17, 15) is 9.59 Å². The fourth-order valence-corrected chi connectivity index (χ4v) is 4.69. The summed E-state index contributed by atoms with van der Waals surface area (Å²) in [5, 5.41) is 5.21. The lowest BCUT2D eigenvalue weighted by molar-refractivity contribution is 0.0536. The zero-order valence-electron chi connectivity index (χ0n) is 21.0. The summed E-state index contributed by atoms with van der Waals surface area (Å²) in [6, 6.07) is 19.6. The van der Waals surface area contributed by atoms with Crippen LogP contribution < -0.4 is 0 Å². The van der Waals surface area contributed by atoms with Gasteiger partial charge >= 0.3 is 0 Å². The molecule has 2 aromatic heterocycles. The van der Waals surface area contributed by atoms with Gasteiger partial charge in [0.25, 0.3) is 11.8 Å². The maximum Gasteiger partial charge on any atom is 0.254 e. The molecule has 0 radical (unpaired) electrons. The number of aryl methyl sites for hydroxylation is 1. The van der Waals surface area contributed by atoms with Crippen molar-refractivity contribution in [3.05, 3.63) is 83.6 Å². The summed E-state index contributed by atoms with van der Waals surface area (Å²) < 4.78 is 1.82. The molecule has 1 aliphatic rings. The van der Waals surface area contributed by atoms with Crippen molar-refractivity contribution in [2.45, 2.75) is 33.2 Å². The Kier molecular flexibility index (Phi) is 6.55. The topological polar surface area (TPSA) is 71.3 Å². The Morgan fingerprint density at radius 2 is 1.53 bits per heavy atom. The second kappa shape index (κ2) is 9.93. The molecule has 7 nitrogen and oxygen atoms in total. The molecule has 1 saturated heterocycles. The van der Waals surface area contributed by atoms with Gasteiger partial charge in [-0.1, -0.05) is 56.3 Å². The molecule has 5 rings (SSSR count). The number of piperazine rings is 1. The molecule has 1 fully saturated rings. The van der Waals surface area contributed by atoms with Crippen molar-refractivity contribution in [1.29, 1.82) is 0 Å². The summed E-state index contributed by atoms with van der Waals surface area (Å²) >= 11 is 0. The third-order valence-corrected chi connectivity index (χ3v) is 6.89. The summed E-state index contributed by atoms with van der Waals surface area (Å²) in [6.45, 7) is 8.94. The molecule has 1 aliphatic heterocycles. The highest BCUT2D eigenvalue weighted by Gasteiger charge is 2.27. The molecule has 4 aromatic rings. The third-order valence-electron chi connectivity index (χ3n) is 6.89. The van der Waals surface area contributed by atoms with Gasteiger partial charge in [-0.2, -0.15) is 5.10 Å². The van der Waals surface area contributed by atoms with Crippen LogP contribution >= 0.6 is 0 Å². The Morgan fingerprint density at radius 3 is 2.14 bits per heavy atom. The number of rotatable bonds is 5. The first-order valence-electron chi connectivity index (χ1n) is 12.6. The third kappa shape index (κ3) is 4.49. The number of hydrogen-bond donors (Lipinski definition) is 0. The summed E-state index contributed by atoms with van der Waals surface area (Å²) in [5.74, 6) is 0.387. The van der Waals surface area contributed by atoms with Crippen molar-refractivity contribution in [3.63, 3.8) is 0 Å². The molecule has 0 saturated carbocycles. The number of benzene rings is 2. The zero-order chi connectivity index (χ0) is 25.2. The second-order valence-electron chi connectivity index (χ2n) is 9.48. The van der Waals surface area contributed by atoms with Gasteiger partial charge in [0, 0.05) is 43.9 Å². The Balaban J connectivity index is 1.36. The first kappa shape index (κ1) is 23.7. The van der Waals surface area contributed by atoms with Gasteiger partial charge in [0.05, 0.1) is 22.8 Å². The van der Waals surface area contributed by atoms with E-state index in [1.807, 2.05) is 82.1 Å². The van der Waals surface area contributed by atoms with Gasteiger partial charge in [0.2, 0.25) is 0 Å². The van der Waals surface area contributed by atoms with Crippen LogP contribution in [0.2, 0.25) is 0 Å². The van der Waals surface area contributed by atoms with E-state index in [0.717, 1.165) is 16.6 Å². The number of carbonyl (C=O) groups is 2. The van der Waals surface area contributed by atoms with E-state index in [1.54, 1.807) is 6.20 Å². The quantitative estimate of drug-likeness (QED) is 0.409. The highest BCUT2D eigenvalue weighted by Crippen LogP contribution is 2.26. The van der Waals surface area contributed by atoms with Crippen molar-refractivity contribution in [3.8, 4) is 11.3 Å². The lowest BCUT2D eigenvalue weighted by Gasteiger charge is -2.35. The van der Waals surface area contributed by atoms with Crippen molar-refractivity contribution in [2.75, 3.05) is 26.2 Å². The molecule has 2 aromatic carbocycles. The van der Waals surface area contributed by atoms with Gasteiger partial charge in [0.15, 0.2) is 5.65 Å². The average Bonchev–Trinajstić information content (AvgIpc) is 3.35. The molecule has 0 spiro atoms. The first-order chi connectivity index (χ1) is 17.5. The number of aromatic nitrogens is 3. The Morgan fingerprint density at radius 1 is 0.889 bits per heavy atom. The van der Waals surface area contributed by atoms with Crippen molar-refractivity contribution < 1.29 is 9.59 Å². The molecule has 0 bridgehead atoms. The number of nitrogens with zero attached hydrogens (tertiary/aromatic N) is 5. The predicted molar refractivity (Wildman–Crippen MR) is 141 cm³/mol. The molecule has 184 valence electrons. The molecular formula is C29H31N5O2. The summed E-state index contributed by atoms with van der Waals surface area (Å²) in [7, 11) is 0. The average molecular weight is 482 g/mol. The van der Waals surface area contributed by atoms with Crippen molar-refractivity contribution >= 4 is 22.8 Å². The monoisotopic (exact) mass is 481 g/mol. The van der Waals surface area contributed by atoms with E-state index < -0.39 is 0 Å². The van der Waals surface area contributed by atoms with E-state index in [-0.39, 0.29) is 11.8 Å². The molecule has 0 atom stereocenters. The SMILES string of the molecule is CCn1ncc2c(C(=O)N3CCN(C(=O)c4ccc(C(C)C)cc4)CC3)cc(-c3ccccc3)nc21. The van der Waals surface area contributed by atoms with Crippen LogP contribution in [0.3, 0.4) is 0 Å². The number of fused-ring (bicyclic) bond motifs is 1. The second-order valence-corrected chi connectivity index (χ2v) is 9.48. The minimum atomic E-state index is -0.0522. The Bertz CT molecular complexity index is 1380. The number of pyridine rings is 1. The van der Waals surface area contributed by atoms with Crippen LogP contribution in [-0.2, 0) is 6.54 Å². The zero-order valence-corrected chi connectivity index (χ0v) is 21.0. The lowest BCUT2D eigenvalue weighted by atomic mass is 10.0. The minimum absolute atomic E-state index is 0.0132. The van der Waals surface area contributed by atoms with Crippen LogP contribution in [-0.4, -0.2) is 62.6 Å². The van der Waals surface area contributed by atoms with Crippen molar-refractivity contribution in [2.24, 2.45) is 0 Å². The molecule has 36 heavy (non-hydrogen) atoms. The predicted octanol–water partition coefficient (Wildman–Crippen LogP) is 4.84. The van der Waals surface area contributed by atoms with Gasteiger partial charge in [-0.25, -0.2) is 9.67 Å². The number of carbonyl (C=O) groups excluding carboxylic acids is 2. The molecular weight excluding hydrogens is 450 g/mol. The Labute approximate surface area is 211 Å². The van der Waals surface area contributed by atoms with Crippen LogP contribution in [0.4, 0.5) is 0 Å². The van der Waals surface area contributed by atoms with Crippen LogP contribution in [0.1, 0.15) is 53.0 Å². The van der Waals surface area contributed by atoms with Gasteiger partial charge in [-0.15, -0.1) is 0 Å². The molecule has 7 heteroatoms. The summed E-state index contributed by atoms with van der Waals surface area (Å²) in [4.78, 5) is 35.2. The number of amides is 2. The molecule has 3 heterocycles. The normalized spacial score (nSPS) is 14.0. The van der Waals surface area contributed by atoms with Crippen molar-refractivity contribution in [1.82, 2.24) is 24.6 Å². The van der Waals surface area contributed by atoms with Gasteiger partial charge in [0.1, 0.15) is 0 Å². The van der Waals surface area contributed by atoms with Crippen LogP contribution in [0.25, 0.3) is 22.3 Å². The number of hydrogen-bond acceptors (Lipinski definition) is 4. The van der Waals surface area contributed by atoms with E-state index in [4.69, 9.17) is 4.98 Å². The van der Waals surface area contributed by atoms with Gasteiger partial charge in [-0.05, 0) is 36.6 Å². The maximum absolute atomic E-state index is 13.7. The van der Waals surface area contributed by atoms with Crippen LogP contribution in [0, 0.1) is 0 Å². The smallest absolute Gasteiger partial charge is 0.254 e. The summed E-state index contributed by atoms with van der Waals surface area (Å²) in [6.07, 6.45) is 1.73. The largest absolute Gasteiger partial charge is 0.335 e. The van der Waals surface area contributed by atoms with E-state index in [1.165, 1.54) is 5.56 Å². The first-order valence-corrected chi connectivity index (χ1v) is 12.6. The van der Waals surface area contributed by atoms with Crippen LogP contribution in [0.15, 0.2) is 66.9 Å².